The number of aromatic hydroxyl groups is 1. The smallest absolute Gasteiger partial charge is 0.247 e. The second-order valence-corrected chi connectivity index (χ2v) is 5.27. The van der Waals surface area contributed by atoms with Gasteiger partial charge in [-0.15, -0.1) is 0 Å². The Bertz CT molecular complexity index is 471. The molecule has 102 valence electrons. The summed E-state index contributed by atoms with van der Waals surface area (Å²) in [5.74, 6) is 0.231. The molecule has 0 bridgehead atoms. The van der Waals surface area contributed by atoms with Gasteiger partial charge in [0.05, 0.1) is 0 Å². The maximum Gasteiger partial charge on any atom is 0.247 e. The molecule has 2 atom stereocenters. The van der Waals surface area contributed by atoms with Crippen molar-refractivity contribution in [2.75, 3.05) is 0 Å². The molecule has 2 unspecified atom stereocenters. The summed E-state index contributed by atoms with van der Waals surface area (Å²) in [6.45, 7) is 4.20. The van der Waals surface area contributed by atoms with Crippen LogP contribution in [0.4, 0.5) is 0 Å². The predicted molar refractivity (Wildman–Crippen MR) is 76.8 cm³/mol. The lowest BCUT2D eigenvalue weighted by molar-refractivity contribution is -0.131. The first-order valence-corrected chi connectivity index (χ1v) is 6.88. The third-order valence-electron chi connectivity index (χ3n) is 3.79. The number of benzene rings is 1. The quantitative estimate of drug-likeness (QED) is 0.829. The van der Waals surface area contributed by atoms with E-state index in [2.05, 4.69) is 13.8 Å². The lowest BCUT2D eigenvalue weighted by Gasteiger charge is -2.38. The lowest BCUT2D eigenvalue weighted by atomic mass is 9.97. The lowest BCUT2D eigenvalue weighted by Crippen LogP contribution is -2.46. The first-order valence-electron chi connectivity index (χ1n) is 6.88. The summed E-state index contributed by atoms with van der Waals surface area (Å²) in [6, 6.07) is 7.62. The summed E-state index contributed by atoms with van der Waals surface area (Å²) >= 11 is 0. The van der Waals surface area contributed by atoms with Crippen molar-refractivity contribution in [1.29, 1.82) is 0 Å². The van der Waals surface area contributed by atoms with E-state index in [4.69, 9.17) is 0 Å². The van der Waals surface area contributed by atoms with Gasteiger partial charge in [-0.25, -0.2) is 0 Å². The Hall–Kier alpha value is -1.77. The maximum atomic E-state index is 12.3. The number of hydrogen-bond acceptors (Lipinski definition) is 2. The zero-order valence-corrected chi connectivity index (χ0v) is 11.5. The molecule has 19 heavy (non-hydrogen) atoms. The number of phenols is 1. The standard InChI is InChI=1S/C16H21NO2/c1-12-6-5-7-13(2)17(12)16(19)11-10-14-8-3-4-9-15(14)18/h3-4,8-13,18H,5-7H2,1-2H3. The van der Waals surface area contributed by atoms with Crippen molar-refractivity contribution >= 4 is 12.0 Å². The summed E-state index contributed by atoms with van der Waals surface area (Å²) < 4.78 is 0. The van der Waals surface area contributed by atoms with Gasteiger partial charge in [0.1, 0.15) is 5.75 Å². The molecular formula is C16H21NO2. The van der Waals surface area contributed by atoms with E-state index >= 15 is 0 Å². The minimum Gasteiger partial charge on any atom is -0.507 e. The average Bonchev–Trinajstić information content (AvgIpc) is 2.37. The van der Waals surface area contributed by atoms with Gasteiger partial charge in [-0.3, -0.25) is 4.79 Å². The van der Waals surface area contributed by atoms with Crippen molar-refractivity contribution in [3.05, 3.63) is 35.9 Å². The Morgan fingerprint density at radius 1 is 1.26 bits per heavy atom. The molecule has 0 aliphatic carbocycles. The van der Waals surface area contributed by atoms with Gasteiger partial charge in [0.2, 0.25) is 5.91 Å². The van der Waals surface area contributed by atoms with E-state index in [1.54, 1.807) is 30.4 Å². The third-order valence-corrected chi connectivity index (χ3v) is 3.79. The topological polar surface area (TPSA) is 40.5 Å². The molecule has 1 amide bonds. The Morgan fingerprint density at radius 2 is 1.89 bits per heavy atom. The number of piperidine rings is 1. The van der Waals surface area contributed by atoms with E-state index in [1.165, 1.54) is 6.42 Å². The molecule has 1 aliphatic heterocycles. The number of likely N-dealkylation sites (tertiary alicyclic amines) is 1. The van der Waals surface area contributed by atoms with Crippen LogP contribution >= 0.6 is 0 Å². The van der Waals surface area contributed by atoms with Gasteiger partial charge in [-0.05, 0) is 45.3 Å². The van der Waals surface area contributed by atoms with Crippen LogP contribution in [-0.2, 0) is 4.79 Å². The van der Waals surface area contributed by atoms with Crippen LogP contribution in [0.5, 0.6) is 5.75 Å². The minimum absolute atomic E-state index is 0.0305. The van der Waals surface area contributed by atoms with E-state index in [0.29, 0.717) is 17.6 Å². The molecular weight excluding hydrogens is 238 g/mol. The summed E-state index contributed by atoms with van der Waals surface area (Å²) in [5, 5.41) is 9.66. The zero-order valence-electron chi connectivity index (χ0n) is 11.5. The van der Waals surface area contributed by atoms with Crippen LogP contribution in [0, 0.1) is 0 Å². The van der Waals surface area contributed by atoms with Crippen LogP contribution in [0.25, 0.3) is 6.08 Å². The van der Waals surface area contributed by atoms with Crippen molar-refractivity contribution in [3.63, 3.8) is 0 Å². The van der Waals surface area contributed by atoms with Crippen molar-refractivity contribution < 1.29 is 9.90 Å². The van der Waals surface area contributed by atoms with Crippen LogP contribution in [-0.4, -0.2) is 28.0 Å². The second-order valence-electron chi connectivity index (χ2n) is 5.27. The third kappa shape index (κ3) is 3.16. The van der Waals surface area contributed by atoms with Crippen LogP contribution in [0.3, 0.4) is 0 Å². The molecule has 1 N–H and O–H groups in total. The molecule has 3 nitrogen and oxygen atoms in total. The van der Waals surface area contributed by atoms with Crippen LogP contribution < -0.4 is 0 Å². The van der Waals surface area contributed by atoms with Crippen LogP contribution in [0.1, 0.15) is 38.7 Å². The van der Waals surface area contributed by atoms with Crippen molar-refractivity contribution in [2.45, 2.75) is 45.2 Å². The molecule has 1 aromatic carbocycles. The van der Waals surface area contributed by atoms with Crippen LogP contribution in [0.2, 0.25) is 0 Å². The van der Waals surface area contributed by atoms with Crippen molar-refractivity contribution in [1.82, 2.24) is 4.90 Å². The Labute approximate surface area is 114 Å². The highest BCUT2D eigenvalue weighted by molar-refractivity contribution is 5.92. The van der Waals surface area contributed by atoms with E-state index in [0.717, 1.165) is 12.8 Å². The minimum atomic E-state index is 0.0305. The summed E-state index contributed by atoms with van der Waals surface area (Å²) in [7, 11) is 0. The molecule has 1 aromatic rings. The highest BCUT2D eigenvalue weighted by atomic mass is 16.3. The van der Waals surface area contributed by atoms with Gasteiger partial charge in [-0.1, -0.05) is 18.2 Å². The van der Waals surface area contributed by atoms with Gasteiger partial charge < -0.3 is 10.0 Å². The number of para-hydroxylation sites is 1. The summed E-state index contributed by atoms with van der Waals surface area (Å²) in [4.78, 5) is 14.2. The molecule has 0 spiro atoms. The summed E-state index contributed by atoms with van der Waals surface area (Å²) in [6.07, 6.45) is 6.58. The first-order chi connectivity index (χ1) is 9.09. The van der Waals surface area contributed by atoms with Gasteiger partial charge >= 0.3 is 0 Å². The molecule has 0 aromatic heterocycles. The van der Waals surface area contributed by atoms with Crippen molar-refractivity contribution in [2.24, 2.45) is 0 Å². The van der Waals surface area contributed by atoms with Crippen molar-refractivity contribution in [3.8, 4) is 5.75 Å². The van der Waals surface area contributed by atoms with Gasteiger partial charge in [0.15, 0.2) is 0 Å². The molecule has 2 rings (SSSR count). The number of phenolic OH excluding ortho intramolecular Hbond substituents is 1. The van der Waals surface area contributed by atoms with Crippen LogP contribution in [0.15, 0.2) is 30.3 Å². The van der Waals surface area contributed by atoms with E-state index in [1.807, 2.05) is 11.0 Å². The summed E-state index contributed by atoms with van der Waals surface area (Å²) in [5.41, 5.74) is 0.674. The average molecular weight is 259 g/mol. The number of hydrogen-bond donors (Lipinski definition) is 1. The van der Waals surface area contributed by atoms with E-state index in [9.17, 15) is 9.90 Å². The second kappa shape index (κ2) is 5.91. The molecule has 1 aliphatic rings. The van der Waals surface area contributed by atoms with Gasteiger partial charge in [0, 0.05) is 23.7 Å². The Balaban J connectivity index is 2.10. The number of rotatable bonds is 2. The fourth-order valence-corrected chi connectivity index (χ4v) is 2.73. The highest BCUT2D eigenvalue weighted by Gasteiger charge is 2.27. The Kier molecular flexibility index (Phi) is 4.25. The van der Waals surface area contributed by atoms with E-state index in [-0.39, 0.29) is 11.7 Å². The molecule has 1 heterocycles. The zero-order chi connectivity index (χ0) is 13.8. The monoisotopic (exact) mass is 259 g/mol. The number of amides is 1. The molecule has 0 radical (unpaired) electrons. The fourth-order valence-electron chi connectivity index (χ4n) is 2.73. The molecule has 0 saturated carbocycles. The largest absolute Gasteiger partial charge is 0.507 e. The molecule has 1 fully saturated rings. The number of carbonyl (C=O) groups is 1. The number of carbonyl (C=O) groups excluding carboxylic acids is 1. The normalized spacial score (nSPS) is 23.8. The van der Waals surface area contributed by atoms with E-state index < -0.39 is 0 Å². The Morgan fingerprint density at radius 3 is 2.53 bits per heavy atom. The molecule has 3 heteroatoms. The SMILES string of the molecule is CC1CCCC(C)N1C(=O)C=Cc1ccccc1O. The van der Waals surface area contributed by atoms with Gasteiger partial charge in [0.25, 0.3) is 0 Å². The van der Waals surface area contributed by atoms with Gasteiger partial charge in [-0.2, -0.15) is 0 Å². The molecule has 1 saturated heterocycles. The highest BCUT2D eigenvalue weighted by Crippen LogP contribution is 2.23. The first kappa shape index (κ1) is 13.7. The maximum absolute atomic E-state index is 12.3. The fraction of sp³-hybridized carbons (Fsp3) is 0.438. The number of nitrogens with zero attached hydrogens (tertiary/aromatic N) is 1. The predicted octanol–water partition coefficient (Wildman–Crippen LogP) is 3.19.